The van der Waals surface area contributed by atoms with Crippen LogP contribution in [0.25, 0.3) is 20.8 Å². The Kier molecular flexibility index (Phi) is 5.83. The number of nitrogens with zero attached hydrogens (tertiary/aromatic N) is 1. The first-order chi connectivity index (χ1) is 14.4. The van der Waals surface area contributed by atoms with E-state index in [2.05, 4.69) is 24.4 Å². The van der Waals surface area contributed by atoms with E-state index >= 15 is 0 Å². The number of nitrogens with two attached hydrogens (primary N) is 1. The fourth-order valence-corrected chi connectivity index (χ4v) is 5.09. The molecule has 1 aliphatic rings. The Morgan fingerprint density at radius 3 is 2.73 bits per heavy atom. The average molecular weight is 424 g/mol. The van der Waals surface area contributed by atoms with Gasteiger partial charge in [0, 0.05) is 11.3 Å². The van der Waals surface area contributed by atoms with Crippen LogP contribution in [0.1, 0.15) is 25.3 Å². The van der Waals surface area contributed by atoms with Gasteiger partial charge in [-0.15, -0.1) is 11.3 Å². The molecule has 4 N–H and O–H groups in total. The maximum atomic E-state index is 12.7. The molecule has 1 unspecified atom stereocenters. The SMILES string of the molecule is Cc1ccc2nc(-c3ccc(NC(=O)[C@H](C)[NH+]4CCC[C@H](C(N)=O)C4)cc3)sc2c1. The summed E-state index contributed by atoms with van der Waals surface area (Å²) in [5.74, 6) is -0.445. The highest BCUT2D eigenvalue weighted by atomic mass is 32.1. The summed E-state index contributed by atoms with van der Waals surface area (Å²) in [7, 11) is 0. The number of fused-ring (bicyclic) bond motifs is 1. The molecular weight excluding hydrogens is 396 g/mol. The zero-order valence-electron chi connectivity index (χ0n) is 17.3. The number of piperidine rings is 1. The average Bonchev–Trinajstić information content (AvgIpc) is 3.17. The summed E-state index contributed by atoms with van der Waals surface area (Å²) in [6.45, 7) is 5.50. The third-order valence-corrected chi connectivity index (χ3v) is 6.98. The summed E-state index contributed by atoms with van der Waals surface area (Å²) in [5.41, 5.74) is 9.49. The Morgan fingerprint density at radius 1 is 1.23 bits per heavy atom. The Hall–Kier alpha value is -2.77. The molecule has 3 atom stereocenters. The van der Waals surface area contributed by atoms with Crippen molar-refractivity contribution in [2.75, 3.05) is 18.4 Å². The summed E-state index contributed by atoms with van der Waals surface area (Å²) in [4.78, 5) is 30.1. The van der Waals surface area contributed by atoms with Crippen molar-refractivity contribution in [3.63, 3.8) is 0 Å². The lowest BCUT2D eigenvalue weighted by atomic mass is 9.96. The summed E-state index contributed by atoms with van der Waals surface area (Å²) in [6.07, 6.45) is 1.73. The molecule has 2 heterocycles. The Balaban J connectivity index is 1.42. The predicted octanol–water partition coefficient (Wildman–Crippen LogP) is 2.38. The number of anilines is 1. The molecule has 3 aromatic rings. The number of benzene rings is 2. The van der Waals surface area contributed by atoms with Crippen molar-refractivity contribution in [2.45, 2.75) is 32.7 Å². The zero-order valence-corrected chi connectivity index (χ0v) is 18.1. The van der Waals surface area contributed by atoms with Crippen LogP contribution in [0.3, 0.4) is 0 Å². The van der Waals surface area contributed by atoms with Crippen LogP contribution in [0.4, 0.5) is 5.69 Å². The molecule has 30 heavy (non-hydrogen) atoms. The van der Waals surface area contributed by atoms with E-state index in [1.54, 1.807) is 11.3 Å². The van der Waals surface area contributed by atoms with E-state index in [0.717, 1.165) is 46.1 Å². The van der Waals surface area contributed by atoms with E-state index in [0.29, 0.717) is 6.54 Å². The fraction of sp³-hybridized carbons (Fsp3) is 0.348. The highest BCUT2D eigenvalue weighted by Crippen LogP contribution is 2.31. The minimum Gasteiger partial charge on any atom is -0.369 e. The van der Waals surface area contributed by atoms with Crippen LogP contribution in [0.15, 0.2) is 42.5 Å². The van der Waals surface area contributed by atoms with Crippen LogP contribution >= 0.6 is 11.3 Å². The van der Waals surface area contributed by atoms with E-state index in [-0.39, 0.29) is 23.8 Å². The summed E-state index contributed by atoms with van der Waals surface area (Å²) in [5, 5.41) is 3.97. The van der Waals surface area contributed by atoms with Gasteiger partial charge in [-0.25, -0.2) is 4.98 Å². The molecule has 4 rings (SSSR count). The van der Waals surface area contributed by atoms with Crippen molar-refractivity contribution in [2.24, 2.45) is 11.7 Å². The molecule has 1 aliphatic heterocycles. The maximum Gasteiger partial charge on any atom is 0.282 e. The van der Waals surface area contributed by atoms with Gasteiger partial charge in [0.1, 0.15) is 5.01 Å². The molecule has 2 aromatic carbocycles. The molecule has 156 valence electrons. The van der Waals surface area contributed by atoms with Crippen molar-refractivity contribution in [1.82, 2.24) is 4.98 Å². The molecule has 6 nitrogen and oxygen atoms in total. The van der Waals surface area contributed by atoms with Crippen LogP contribution in [0.2, 0.25) is 0 Å². The number of carbonyl (C=O) groups excluding carboxylic acids is 2. The first-order valence-electron chi connectivity index (χ1n) is 10.3. The second-order valence-electron chi connectivity index (χ2n) is 8.13. The lowest BCUT2D eigenvalue weighted by molar-refractivity contribution is -0.921. The highest BCUT2D eigenvalue weighted by molar-refractivity contribution is 7.21. The van der Waals surface area contributed by atoms with Crippen molar-refractivity contribution in [1.29, 1.82) is 0 Å². The summed E-state index contributed by atoms with van der Waals surface area (Å²) < 4.78 is 1.18. The first kappa shape index (κ1) is 20.5. The number of likely N-dealkylation sites (tertiary alicyclic amines) is 1. The Morgan fingerprint density at radius 2 is 2.00 bits per heavy atom. The third-order valence-electron chi connectivity index (χ3n) is 5.91. The largest absolute Gasteiger partial charge is 0.369 e. The van der Waals surface area contributed by atoms with Crippen molar-refractivity contribution in [3.05, 3.63) is 48.0 Å². The Labute approximate surface area is 180 Å². The van der Waals surface area contributed by atoms with Gasteiger partial charge in [-0.2, -0.15) is 0 Å². The zero-order chi connectivity index (χ0) is 21.3. The molecule has 0 saturated carbocycles. The van der Waals surface area contributed by atoms with Crippen LogP contribution in [-0.2, 0) is 9.59 Å². The number of primary amides is 1. The molecule has 1 fully saturated rings. The first-order valence-corrected chi connectivity index (χ1v) is 11.1. The van der Waals surface area contributed by atoms with E-state index in [9.17, 15) is 9.59 Å². The lowest BCUT2D eigenvalue weighted by Gasteiger charge is -2.31. The van der Waals surface area contributed by atoms with Gasteiger partial charge in [0.15, 0.2) is 6.04 Å². The molecule has 2 amide bonds. The van der Waals surface area contributed by atoms with Gasteiger partial charge < -0.3 is 16.0 Å². The molecule has 0 spiro atoms. The second-order valence-corrected chi connectivity index (χ2v) is 9.16. The maximum absolute atomic E-state index is 12.7. The third kappa shape index (κ3) is 4.37. The lowest BCUT2D eigenvalue weighted by Crippen LogP contribution is -3.18. The van der Waals surface area contributed by atoms with E-state index in [4.69, 9.17) is 10.7 Å². The smallest absolute Gasteiger partial charge is 0.282 e. The van der Waals surface area contributed by atoms with Gasteiger partial charge in [0.2, 0.25) is 5.91 Å². The minimum absolute atomic E-state index is 0.0432. The number of thiazole rings is 1. The molecule has 0 aliphatic carbocycles. The van der Waals surface area contributed by atoms with Gasteiger partial charge in [0.25, 0.3) is 5.91 Å². The van der Waals surface area contributed by atoms with Crippen molar-refractivity contribution >= 4 is 39.1 Å². The molecule has 0 bridgehead atoms. The van der Waals surface area contributed by atoms with E-state index in [1.165, 1.54) is 10.3 Å². The quantitative estimate of drug-likeness (QED) is 0.589. The number of rotatable bonds is 5. The second kappa shape index (κ2) is 8.53. The topological polar surface area (TPSA) is 89.5 Å². The van der Waals surface area contributed by atoms with E-state index in [1.807, 2.05) is 37.3 Å². The minimum atomic E-state index is -0.264. The standard InChI is InChI=1S/C23H26N4O2S/c1-14-5-10-19-20(12-14)30-23(26-19)16-6-8-18(9-7-16)25-22(29)15(2)27-11-3-4-17(13-27)21(24)28/h5-10,12,15,17H,3-4,11,13H2,1-2H3,(H2,24,28)(H,25,29)/p+1/t15-,17-/m0/s1. The van der Waals surface area contributed by atoms with Gasteiger partial charge in [-0.05, 0) is 68.7 Å². The van der Waals surface area contributed by atoms with Crippen LogP contribution in [0.5, 0.6) is 0 Å². The number of aromatic nitrogens is 1. The van der Waals surface area contributed by atoms with E-state index < -0.39 is 0 Å². The molecule has 7 heteroatoms. The molecule has 0 radical (unpaired) electrons. The normalized spacial score (nSPS) is 20.1. The number of nitrogens with one attached hydrogen (secondary N) is 2. The predicted molar refractivity (Wildman–Crippen MR) is 120 cm³/mol. The number of amides is 2. The number of hydrogen-bond donors (Lipinski definition) is 3. The number of carbonyl (C=O) groups is 2. The molecular formula is C23H27N4O2S+. The molecule has 1 saturated heterocycles. The van der Waals surface area contributed by atoms with Crippen molar-refractivity contribution < 1.29 is 14.5 Å². The van der Waals surface area contributed by atoms with Gasteiger partial charge in [-0.1, -0.05) is 6.07 Å². The summed E-state index contributed by atoms with van der Waals surface area (Å²) >= 11 is 1.67. The Bertz CT molecular complexity index is 1080. The van der Waals surface area contributed by atoms with Gasteiger partial charge in [-0.3, -0.25) is 9.59 Å². The summed E-state index contributed by atoms with van der Waals surface area (Å²) in [6, 6.07) is 13.8. The monoisotopic (exact) mass is 423 g/mol. The van der Waals surface area contributed by atoms with Gasteiger partial charge >= 0.3 is 0 Å². The van der Waals surface area contributed by atoms with Crippen molar-refractivity contribution in [3.8, 4) is 10.6 Å². The fourth-order valence-electron chi connectivity index (χ4n) is 4.02. The molecule has 1 aromatic heterocycles. The number of aryl methyl sites for hydroxylation is 1. The van der Waals surface area contributed by atoms with Crippen LogP contribution in [0, 0.1) is 12.8 Å². The van der Waals surface area contributed by atoms with Crippen LogP contribution < -0.4 is 16.0 Å². The van der Waals surface area contributed by atoms with Gasteiger partial charge in [0.05, 0.1) is 29.2 Å². The van der Waals surface area contributed by atoms with Crippen LogP contribution in [-0.4, -0.2) is 35.9 Å². The number of hydrogen-bond acceptors (Lipinski definition) is 4. The number of quaternary nitrogens is 1. The highest BCUT2D eigenvalue weighted by Gasteiger charge is 2.33.